The monoisotopic (exact) mass is 705 g/mol. The zero-order valence-electron chi connectivity index (χ0n) is 28.1. The summed E-state index contributed by atoms with van der Waals surface area (Å²) in [6.45, 7) is 13.2. The molecule has 47 heavy (non-hydrogen) atoms. The Morgan fingerprint density at radius 1 is 1.06 bits per heavy atom. The maximum absolute atomic E-state index is 13.7. The maximum Gasteiger partial charge on any atom is 0.256 e. The number of piperazine rings is 1. The third-order valence-electron chi connectivity index (χ3n) is 10.9. The molecule has 0 spiro atoms. The molecule has 1 amide bonds. The first-order valence-corrected chi connectivity index (χ1v) is 17.5. The second-order valence-corrected chi connectivity index (χ2v) is 15.5. The molecule has 2 aromatic rings. The molecule has 6 rings (SSSR count). The molecule has 2 aliphatic carbocycles. The second-order valence-electron chi connectivity index (χ2n) is 14.7. The van der Waals surface area contributed by atoms with Crippen LogP contribution in [0.15, 0.2) is 34.8 Å². The van der Waals surface area contributed by atoms with Crippen molar-refractivity contribution in [3.8, 4) is 23.7 Å². The summed E-state index contributed by atoms with van der Waals surface area (Å²) in [6.07, 6.45) is 3.06. The number of carbonyl (C=O) groups excluding carboxylic acids is 1. The van der Waals surface area contributed by atoms with Gasteiger partial charge in [-0.3, -0.25) is 14.6 Å². The van der Waals surface area contributed by atoms with Crippen LogP contribution in [0, 0.1) is 39.9 Å². The molecule has 3 fully saturated rings. The average Bonchev–Trinajstić information content (AvgIpc) is 3.36. The molecule has 1 saturated heterocycles. The molecule has 8 nitrogen and oxygen atoms in total. The third-order valence-corrected chi connectivity index (χ3v) is 11.5. The van der Waals surface area contributed by atoms with Crippen LogP contribution in [0.2, 0.25) is 0 Å². The highest BCUT2D eigenvalue weighted by Crippen LogP contribution is 2.59. The molecule has 250 valence electrons. The van der Waals surface area contributed by atoms with Crippen LogP contribution in [0.3, 0.4) is 0 Å². The van der Waals surface area contributed by atoms with E-state index < -0.39 is 6.36 Å². The van der Waals surface area contributed by atoms with Crippen molar-refractivity contribution in [2.45, 2.75) is 84.5 Å². The number of alkyl halides is 1. The molecule has 10 heteroatoms. The summed E-state index contributed by atoms with van der Waals surface area (Å²) in [5.74, 6) is 7.88. The van der Waals surface area contributed by atoms with Gasteiger partial charge in [-0.2, -0.15) is 5.26 Å². The zero-order chi connectivity index (χ0) is 33.5. The summed E-state index contributed by atoms with van der Waals surface area (Å²) in [4.78, 5) is 25.2. The van der Waals surface area contributed by atoms with E-state index in [0.717, 1.165) is 63.3 Å². The molecule has 1 atom stereocenters. The summed E-state index contributed by atoms with van der Waals surface area (Å²) in [5, 5.41) is 9.27. The van der Waals surface area contributed by atoms with E-state index in [9.17, 15) is 14.4 Å². The Balaban J connectivity index is 1.04. The molecule has 1 unspecified atom stereocenters. The van der Waals surface area contributed by atoms with Crippen LogP contribution in [0.1, 0.15) is 80.7 Å². The zero-order valence-corrected chi connectivity index (χ0v) is 29.6. The van der Waals surface area contributed by atoms with Crippen molar-refractivity contribution < 1.29 is 18.7 Å². The number of pyridine rings is 1. The predicted molar refractivity (Wildman–Crippen MR) is 181 cm³/mol. The van der Waals surface area contributed by atoms with Gasteiger partial charge in [-0.05, 0) is 77.9 Å². The first-order valence-electron chi connectivity index (χ1n) is 16.7. The Bertz CT molecular complexity index is 1580. The first kappa shape index (κ1) is 33.9. The highest BCUT2D eigenvalue weighted by molar-refractivity contribution is 9.10. The number of rotatable bonds is 7. The summed E-state index contributed by atoms with van der Waals surface area (Å²) in [7, 11) is 1.42. The van der Waals surface area contributed by atoms with E-state index in [0.29, 0.717) is 46.4 Å². The number of nitriles is 1. The Hall–Kier alpha value is -3.02. The van der Waals surface area contributed by atoms with Gasteiger partial charge in [0.05, 0.1) is 29.9 Å². The SMILES string of the molecule is COC(F)CN1CCN([C@H]2CC[C@H](C#Cc3ccc4c(n3)CN([C@H]3C(C)(C)[C@H](Oc5ccc(C#N)c(Br)c5)C3(C)C)C4=O)CC2)CC1. The number of aromatic nitrogens is 1. The average molecular weight is 707 g/mol. The first-order chi connectivity index (χ1) is 22.4. The fourth-order valence-electron chi connectivity index (χ4n) is 8.84. The Morgan fingerprint density at radius 3 is 2.40 bits per heavy atom. The third kappa shape index (κ3) is 6.68. The lowest BCUT2D eigenvalue weighted by Crippen LogP contribution is -2.74. The van der Waals surface area contributed by atoms with Gasteiger partial charge in [-0.15, -0.1) is 0 Å². The molecule has 0 N–H and O–H groups in total. The standard InChI is InChI=1S/C37H45BrFN5O3/c1-36(2)34(37(3,4)35(36)47-28-14-9-25(21-40)30(38)20-28)44-22-31-29(33(44)45)15-11-26(41-31)10-6-24-7-12-27(13-8-24)43-18-16-42(17-19-43)23-32(39)46-5/h9,11,14-15,20,24,27,32,34-35H,7-8,12-13,16-19,22-23H2,1-5H3/t24-,27-,32?,34-,35-. The van der Waals surface area contributed by atoms with Crippen LogP contribution in [0.4, 0.5) is 4.39 Å². The topological polar surface area (TPSA) is 81.9 Å². The van der Waals surface area contributed by atoms with Crippen LogP contribution < -0.4 is 4.74 Å². The van der Waals surface area contributed by atoms with Gasteiger partial charge < -0.3 is 14.4 Å². The van der Waals surface area contributed by atoms with Crippen molar-refractivity contribution in [3.05, 3.63) is 57.3 Å². The minimum absolute atomic E-state index is 0.0140. The predicted octanol–water partition coefficient (Wildman–Crippen LogP) is 6.02. The number of carbonyl (C=O) groups is 1. The molecule has 0 bridgehead atoms. The van der Waals surface area contributed by atoms with Gasteiger partial charge in [0.15, 0.2) is 0 Å². The van der Waals surface area contributed by atoms with E-state index in [1.807, 2.05) is 29.2 Å². The van der Waals surface area contributed by atoms with Crippen molar-refractivity contribution in [2.75, 3.05) is 39.8 Å². The molecule has 2 aliphatic heterocycles. The molecule has 2 saturated carbocycles. The molecule has 1 aromatic carbocycles. The van der Waals surface area contributed by atoms with E-state index in [1.54, 1.807) is 6.07 Å². The Labute approximate surface area is 286 Å². The van der Waals surface area contributed by atoms with Crippen molar-refractivity contribution in [1.29, 1.82) is 5.26 Å². The lowest BCUT2D eigenvalue weighted by molar-refractivity contribution is -0.199. The van der Waals surface area contributed by atoms with Gasteiger partial charge in [0.1, 0.15) is 23.6 Å². The maximum atomic E-state index is 13.7. The molecule has 0 radical (unpaired) electrons. The van der Waals surface area contributed by atoms with Gasteiger partial charge in [0.2, 0.25) is 6.36 Å². The largest absolute Gasteiger partial charge is 0.489 e. The summed E-state index contributed by atoms with van der Waals surface area (Å²) < 4.78 is 25.6. The lowest BCUT2D eigenvalue weighted by atomic mass is 9.49. The highest BCUT2D eigenvalue weighted by atomic mass is 79.9. The molecule has 1 aromatic heterocycles. The number of hydrogen-bond donors (Lipinski definition) is 0. The van der Waals surface area contributed by atoms with E-state index in [4.69, 9.17) is 14.5 Å². The van der Waals surface area contributed by atoms with Crippen molar-refractivity contribution in [1.82, 2.24) is 19.7 Å². The van der Waals surface area contributed by atoms with Gasteiger partial charge in [-0.25, -0.2) is 9.37 Å². The van der Waals surface area contributed by atoms with E-state index in [1.165, 1.54) is 7.11 Å². The van der Waals surface area contributed by atoms with Gasteiger partial charge in [-0.1, -0.05) is 33.6 Å². The van der Waals surface area contributed by atoms with Crippen molar-refractivity contribution >= 4 is 21.8 Å². The fourth-order valence-corrected chi connectivity index (χ4v) is 9.29. The van der Waals surface area contributed by atoms with Crippen LogP contribution in [-0.4, -0.2) is 90.0 Å². The highest BCUT2D eigenvalue weighted by Gasteiger charge is 2.67. The van der Waals surface area contributed by atoms with Crippen molar-refractivity contribution in [2.24, 2.45) is 16.7 Å². The van der Waals surface area contributed by atoms with E-state index in [2.05, 4.69) is 71.3 Å². The van der Waals surface area contributed by atoms with Gasteiger partial charge in [0, 0.05) is 66.6 Å². The number of ether oxygens (including phenoxy) is 2. The summed E-state index contributed by atoms with van der Waals surface area (Å²) in [6, 6.07) is 11.9. The molecule has 4 aliphatic rings. The number of amides is 1. The van der Waals surface area contributed by atoms with Gasteiger partial charge in [0.25, 0.3) is 5.91 Å². The summed E-state index contributed by atoms with van der Waals surface area (Å²) >= 11 is 3.46. The number of halogens is 2. The van der Waals surface area contributed by atoms with Gasteiger partial charge >= 0.3 is 0 Å². The normalized spacial score (nSPS) is 27.6. The minimum Gasteiger partial charge on any atom is -0.489 e. The Morgan fingerprint density at radius 2 is 1.77 bits per heavy atom. The molecule has 3 heterocycles. The number of hydrogen-bond acceptors (Lipinski definition) is 7. The number of benzene rings is 1. The number of methoxy groups -OCH3 is 1. The Kier molecular flexibility index (Phi) is 9.71. The van der Waals surface area contributed by atoms with Crippen LogP contribution in [0.5, 0.6) is 5.75 Å². The van der Waals surface area contributed by atoms with E-state index in [-0.39, 0.29) is 28.9 Å². The summed E-state index contributed by atoms with van der Waals surface area (Å²) in [5.41, 5.74) is 2.12. The van der Waals surface area contributed by atoms with Crippen LogP contribution in [0.25, 0.3) is 0 Å². The number of nitrogens with zero attached hydrogens (tertiary/aromatic N) is 5. The van der Waals surface area contributed by atoms with E-state index >= 15 is 0 Å². The second kappa shape index (κ2) is 13.5. The molecular weight excluding hydrogens is 661 g/mol. The molecular formula is C37H45BrFN5O3. The lowest BCUT2D eigenvalue weighted by Gasteiger charge is -2.65. The quantitative estimate of drug-likeness (QED) is 0.326. The van der Waals surface area contributed by atoms with Crippen LogP contribution >= 0.6 is 15.9 Å². The fraction of sp³-hybridized carbons (Fsp3) is 0.595. The van der Waals surface area contributed by atoms with Crippen molar-refractivity contribution in [3.63, 3.8) is 0 Å². The minimum atomic E-state index is -1.21. The smallest absolute Gasteiger partial charge is 0.256 e. The number of fused-ring (bicyclic) bond motifs is 1. The van der Waals surface area contributed by atoms with Crippen LogP contribution in [-0.2, 0) is 11.3 Å².